The lowest BCUT2D eigenvalue weighted by Gasteiger charge is -2.33. The Labute approximate surface area is 198 Å². The van der Waals surface area contributed by atoms with Gasteiger partial charge < -0.3 is 14.6 Å². The van der Waals surface area contributed by atoms with Crippen LogP contribution in [0.15, 0.2) is 24.0 Å². The summed E-state index contributed by atoms with van der Waals surface area (Å²) in [5.74, 6) is -0.933. The summed E-state index contributed by atoms with van der Waals surface area (Å²) in [6, 6.07) is -0.409. The van der Waals surface area contributed by atoms with Crippen LogP contribution in [0.1, 0.15) is 86.0 Å². The zero-order chi connectivity index (χ0) is 24.6. The van der Waals surface area contributed by atoms with Gasteiger partial charge in [0.05, 0.1) is 12.0 Å². The summed E-state index contributed by atoms with van der Waals surface area (Å²) in [5, 5.41) is 8.80. The summed E-state index contributed by atoms with van der Waals surface area (Å²) in [6.45, 7) is 9.39. The fraction of sp³-hybridized carbons (Fsp3) is 0.731. The number of ether oxygens (including phenoxy) is 2. The zero-order valence-electron chi connectivity index (χ0n) is 20.8. The minimum absolute atomic E-state index is 0.00982. The van der Waals surface area contributed by atoms with E-state index in [9.17, 15) is 14.4 Å². The number of aliphatic hydroxyl groups excluding tert-OH is 1. The lowest BCUT2D eigenvalue weighted by molar-refractivity contribution is -0.143. The molecular weight excluding hydrogens is 422 g/mol. The summed E-state index contributed by atoms with van der Waals surface area (Å²) in [6.07, 6.45) is 11.9. The van der Waals surface area contributed by atoms with Crippen molar-refractivity contribution >= 4 is 17.8 Å². The number of carbonyl (C=O) groups excluding carboxylic acids is 3. The first-order valence-corrected chi connectivity index (χ1v) is 12.4. The molecule has 3 atom stereocenters. The number of aliphatic hydroxyl groups is 1. The third-order valence-electron chi connectivity index (χ3n) is 6.41. The SMILES string of the molecule is CC(C)[C@H]1N(C(=O)[C@H](C)[C@@H]2OC(=CCCCCCCCCCO)C=CC2=O)C(=O)OC1(C)C. The summed E-state index contributed by atoms with van der Waals surface area (Å²) in [4.78, 5) is 39.5. The number of unbranched alkanes of at least 4 members (excludes halogenated alkanes) is 7. The molecule has 2 heterocycles. The molecule has 186 valence electrons. The fourth-order valence-corrected chi connectivity index (χ4v) is 4.79. The van der Waals surface area contributed by atoms with E-state index in [-0.39, 0.29) is 18.3 Å². The van der Waals surface area contributed by atoms with E-state index in [1.54, 1.807) is 26.8 Å². The van der Waals surface area contributed by atoms with Crippen molar-refractivity contribution in [2.75, 3.05) is 6.61 Å². The molecule has 7 nitrogen and oxygen atoms in total. The van der Waals surface area contributed by atoms with Gasteiger partial charge in [-0.3, -0.25) is 9.59 Å². The predicted molar refractivity (Wildman–Crippen MR) is 126 cm³/mol. The van der Waals surface area contributed by atoms with Gasteiger partial charge in [-0.25, -0.2) is 9.69 Å². The van der Waals surface area contributed by atoms with Crippen molar-refractivity contribution < 1.29 is 29.0 Å². The highest BCUT2D eigenvalue weighted by atomic mass is 16.6. The molecule has 0 spiro atoms. The van der Waals surface area contributed by atoms with Gasteiger partial charge in [0, 0.05) is 6.61 Å². The number of allylic oxidation sites excluding steroid dienone is 2. The van der Waals surface area contributed by atoms with Crippen LogP contribution in [0.5, 0.6) is 0 Å². The fourth-order valence-electron chi connectivity index (χ4n) is 4.79. The Morgan fingerprint density at radius 2 is 1.67 bits per heavy atom. The number of imide groups is 1. The van der Waals surface area contributed by atoms with Crippen molar-refractivity contribution in [2.45, 2.75) is 104 Å². The number of ketones is 1. The van der Waals surface area contributed by atoms with Crippen LogP contribution in [0.4, 0.5) is 4.79 Å². The first-order valence-electron chi connectivity index (χ1n) is 12.4. The number of cyclic esters (lactones) is 1. The Kier molecular flexibility index (Phi) is 10.1. The molecule has 2 rings (SSSR count). The van der Waals surface area contributed by atoms with Crippen molar-refractivity contribution in [1.82, 2.24) is 4.90 Å². The summed E-state index contributed by atoms with van der Waals surface area (Å²) >= 11 is 0. The highest BCUT2D eigenvalue weighted by Crippen LogP contribution is 2.36. The van der Waals surface area contributed by atoms with E-state index in [1.807, 2.05) is 19.9 Å². The van der Waals surface area contributed by atoms with Crippen molar-refractivity contribution in [3.05, 3.63) is 24.0 Å². The van der Waals surface area contributed by atoms with E-state index in [0.717, 1.165) is 44.9 Å². The molecule has 0 aromatic carbocycles. The van der Waals surface area contributed by atoms with Crippen LogP contribution in [-0.4, -0.2) is 52.1 Å². The van der Waals surface area contributed by atoms with Crippen molar-refractivity contribution in [3.63, 3.8) is 0 Å². The van der Waals surface area contributed by atoms with Gasteiger partial charge in [-0.2, -0.15) is 0 Å². The second kappa shape index (κ2) is 12.4. The maximum atomic E-state index is 13.3. The van der Waals surface area contributed by atoms with Crippen LogP contribution < -0.4 is 0 Å². The maximum Gasteiger partial charge on any atom is 0.417 e. The van der Waals surface area contributed by atoms with Gasteiger partial charge in [0.25, 0.3) is 0 Å². The molecule has 2 amide bonds. The van der Waals surface area contributed by atoms with Gasteiger partial charge in [-0.05, 0) is 64.2 Å². The van der Waals surface area contributed by atoms with E-state index in [0.29, 0.717) is 5.76 Å². The summed E-state index contributed by atoms with van der Waals surface area (Å²) in [5.41, 5.74) is -0.790. The first kappa shape index (κ1) is 27.1. The van der Waals surface area contributed by atoms with Crippen molar-refractivity contribution in [2.24, 2.45) is 11.8 Å². The number of carbonyl (C=O) groups is 3. The van der Waals surface area contributed by atoms with Gasteiger partial charge in [-0.15, -0.1) is 0 Å². The molecule has 0 radical (unpaired) electrons. The van der Waals surface area contributed by atoms with E-state index in [2.05, 4.69) is 0 Å². The van der Waals surface area contributed by atoms with E-state index in [1.165, 1.54) is 17.4 Å². The molecule has 0 unspecified atom stereocenters. The number of amides is 2. The zero-order valence-corrected chi connectivity index (χ0v) is 20.8. The first-order chi connectivity index (χ1) is 15.6. The molecule has 1 N–H and O–H groups in total. The van der Waals surface area contributed by atoms with Gasteiger partial charge >= 0.3 is 6.09 Å². The predicted octanol–water partition coefficient (Wildman–Crippen LogP) is 4.93. The second-order valence-electron chi connectivity index (χ2n) is 10.0. The van der Waals surface area contributed by atoms with Gasteiger partial charge in [0.2, 0.25) is 5.91 Å². The second-order valence-corrected chi connectivity index (χ2v) is 10.0. The molecule has 1 fully saturated rings. The minimum atomic E-state index is -0.954. The Bertz CT molecular complexity index is 754. The van der Waals surface area contributed by atoms with E-state index >= 15 is 0 Å². The Morgan fingerprint density at radius 1 is 1.06 bits per heavy atom. The number of nitrogens with zero attached hydrogens (tertiary/aromatic N) is 1. The van der Waals surface area contributed by atoms with E-state index in [4.69, 9.17) is 14.6 Å². The minimum Gasteiger partial charge on any atom is -0.482 e. The average molecular weight is 464 g/mol. The van der Waals surface area contributed by atoms with Crippen LogP contribution in [-0.2, 0) is 19.1 Å². The molecule has 0 bridgehead atoms. The third kappa shape index (κ3) is 7.16. The number of hydrogen-bond donors (Lipinski definition) is 1. The molecule has 7 heteroatoms. The summed E-state index contributed by atoms with van der Waals surface area (Å²) < 4.78 is 11.4. The monoisotopic (exact) mass is 463 g/mol. The molecule has 2 aliphatic rings. The van der Waals surface area contributed by atoms with E-state index < -0.39 is 35.7 Å². The molecule has 2 aliphatic heterocycles. The largest absolute Gasteiger partial charge is 0.482 e. The Morgan fingerprint density at radius 3 is 2.27 bits per heavy atom. The van der Waals surface area contributed by atoms with Gasteiger partial charge in [0.1, 0.15) is 11.4 Å². The molecule has 1 saturated heterocycles. The highest BCUT2D eigenvalue weighted by molar-refractivity contribution is 6.02. The number of hydrogen-bond acceptors (Lipinski definition) is 6. The number of rotatable bonds is 12. The molecule has 0 aliphatic carbocycles. The van der Waals surface area contributed by atoms with Crippen LogP contribution in [0.25, 0.3) is 0 Å². The van der Waals surface area contributed by atoms with Crippen molar-refractivity contribution in [1.29, 1.82) is 0 Å². The Balaban J connectivity index is 1.92. The van der Waals surface area contributed by atoms with Crippen molar-refractivity contribution in [3.8, 4) is 0 Å². The van der Waals surface area contributed by atoms with Crippen LogP contribution >= 0.6 is 0 Å². The molecule has 33 heavy (non-hydrogen) atoms. The summed E-state index contributed by atoms with van der Waals surface area (Å²) in [7, 11) is 0. The normalized spacial score (nSPS) is 24.3. The quantitative estimate of drug-likeness (QED) is 0.413. The van der Waals surface area contributed by atoms with Crippen LogP contribution in [0.3, 0.4) is 0 Å². The maximum absolute atomic E-state index is 13.3. The average Bonchev–Trinajstić information content (AvgIpc) is 3.00. The van der Waals surface area contributed by atoms with Crippen LogP contribution in [0.2, 0.25) is 0 Å². The molecule has 0 saturated carbocycles. The van der Waals surface area contributed by atoms with Gasteiger partial charge in [0.15, 0.2) is 11.9 Å². The smallest absolute Gasteiger partial charge is 0.417 e. The Hall–Kier alpha value is -2.15. The standard InChI is InChI=1S/C26H41NO6/c1-18(2)23-26(4,5)33-25(31)27(23)24(30)19(3)22-21(29)16-15-20(32-22)14-12-10-8-6-7-9-11-13-17-28/h14-16,18-19,22-23,28H,6-13,17H2,1-5H3/t19-,22+,23-/m1/s1. The third-order valence-corrected chi connectivity index (χ3v) is 6.41. The topological polar surface area (TPSA) is 93.1 Å². The van der Waals surface area contributed by atoms with Gasteiger partial charge in [-0.1, -0.05) is 46.0 Å². The molecule has 0 aromatic heterocycles. The lowest BCUT2D eigenvalue weighted by Crippen LogP contribution is -2.52. The molecular formula is C26H41NO6. The highest BCUT2D eigenvalue weighted by Gasteiger charge is 2.53. The lowest BCUT2D eigenvalue weighted by atomic mass is 9.87. The van der Waals surface area contributed by atoms with Crippen LogP contribution in [0, 0.1) is 11.8 Å². The molecule has 0 aromatic rings.